The Morgan fingerprint density at radius 2 is 2.04 bits per heavy atom. The monoisotopic (exact) mass is 364 g/mol. The number of nitrogens with zero attached hydrogens (tertiary/aromatic N) is 1. The number of hydrogen-bond donors (Lipinski definition) is 1. The predicted molar refractivity (Wildman–Crippen MR) is 97.7 cm³/mol. The minimum atomic E-state index is -0.149. The van der Waals surface area contributed by atoms with Gasteiger partial charge in [-0.1, -0.05) is 11.6 Å². The molecule has 0 atom stereocenters. The first-order valence-electron chi connectivity index (χ1n) is 6.92. The van der Waals surface area contributed by atoms with E-state index in [1.807, 2.05) is 49.4 Å². The number of carbonyl (C=O) groups excluding carboxylic acids is 1. The van der Waals surface area contributed by atoms with Gasteiger partial charge in [0.25, 0.3) is 5.91 Å². The number of rotatable bonds is 4. The highest BCUT2D eigenvalue weighted by Crippen LogP contribution is 2.31. The zero-order valence-electron chi connectivity index (χ0n) is 12.2. The van der Waals surface area contributed by atoms with Crippen molar-refractivity contribution in [3.8, 4) is 5.75 Å². The number of hydrogen-bond acceptors (Lipinski definition) is 5. The highest BCUT2D eigenvalue weighted by atomic mass is 35.5. The van der Waals surface area contributed by atoms with Crippen molar-refractivity contribution in [3.63, 3.8) is 0 Å². The molecule has 0 spiro atoms. The molecule has 23 heavy (non-hydrogen) atoms. The lowest BCUT2D eigenvalue weighted by atomic mass is 10.3. The van der Waals surface area contributed by atoms with Gasteiger partial charge < -0.3 is 10.1 Å². The minimum Gasteiger partial charge on any atom is -0.494 e. The normalized spacial score (nSPS) is 17.7. The molecule has 1 aliphatic rings. The predicted octanol–water partition coefficient (Wildman–Crippen LogP) is 4.69. The number of aliphatic imine (C=N–C) groups is 1. The number of halogens is 1. The first-order chi connectivity index (χ1) is 11.1. The van der Waals surface area contributed by atoms with Crippen molar-refractivity contribution in [2.75, 3.05) is 6.61 Å². The fourth-order valence-electron chi connectivity index (χ4n) is 1.92. The third-order valence-corrected chi connectivity index (χ3v) is 4.98. The van der Waals surface area contributed by atoms with Crippen LogP contribution in [0.1, 0.15) is 11.8 Å². The molecule has 1 fully saturated rings. The van der Waals surface area contributed by atoms with E-state index in [4.69, 9.17) is 16.3 Å². The van der Waals surface area contributed by atoms with E-state index in [1.165, 1.54) is 23.1 Å². The van der Waals surface area contributed by atoms with Gasteiger partial charge in [0.05, 0.1) is 21.5 Å². The SMILES string of the molecule is CCOc1ccc(N=C2NC(=O)/C(=C/c3ccc(Cl)s3)S2)cc1. The lowest BCUT2D eigenvalue weighted by Gasteiger charge is -2.02. The van der Waals surface area contributed by atoms with Gasteiger partial charge in [-0.3, -0.25) is 4.79 Å². The summed E-state index contributed by atoms with van der Waals surface area (Å²) in [6, 6.07) is 11.1. The number of ether oxygens (including phenoxy) is 1. The van der Waals surface area contributed by atoms with Crippen LogP contribution >= 0.6 is 34.7 Å². The van der Waals surface area contributed by atoms with E-state index < -0.39 is 0 Å². The van der Waals surface area contributed by atoms with Gasteiger partial charge in [0, 0.05) is 4.88 Å². The summed E-state index contributed by atoms with van der Waals surface area (Å²) in [7, 11) is 0. The Balaban J connectivity index is 1.75. The van der Waals surface area contributed by atoms with Crippen LogP contribution < -0.4 is 10.1 Å². The minimum absolute atomic E-state index is 0.149. The second-order valence-electron chi connectivity index (χ2n) is 4.55. The number of thioether (sulfide) groups is 1. The van der Waals surface area contributed by atoms with Gasteiger partial charge in [-0.15, -0.1) is 11.3 Å². The summed E-state index contributed by atoms with van der Waals surface area (Å²) >= 11 is 8.65. The summed E-state index contributed by atoms with van der Waals surface area (Å²) in [5.74, 6) is 0.652. The Hall–Kier alpha value is -1.76. The second kappa shape index (κ2) is 7.21. The van der Waals surface area contributed by atoms with Crippen LogP contribution in [0.3, 0.4) is 0 Å². The average Bonchev–Trinajstić information content (AvgIpc) is 3.08. The van der Waals surface area contributed by atoms with Crippen molar-refractivity contribution in [2.45, 2.75) is 6.92 Å². The van der Waals surface area contributed by atoms with Crippen molar-refractivity contribution in [2.24, 2.45) is 4.99 Å². The van der Waals surface area contributed by atoms with Crippen LogP contribution in [0.4, 0.5) is 5.69 Å². The number of amides is 1. The van der Waals surface area contributed by atoms with Crippen LogP contribution in [-0.4, -0.2) is 17.7 Å². The molecule has 1 aliphatic heterocycles. The summed E-state index contributed by atoms with van der Waals surface area (Å²) in [5.41, 5.74) is 0.761. The third-order valence-electron chi connectivity index (χ3n) is 2.90. The molecular weight excluding hydrogens is 352 g/mol. The van der Waals surface area contributed by atoms with Gasteiger partial charge >= 0.3 is 0 Å². The van der Waals surface area contributed by atoms with Crippen molar-refractivity contribution >= 4 is 57.5 Å². The van der Waals surface area contributed by atoms with Gasteiger partial charge in [-0.05, 0) is 61.2 Å². The standard InChI is InChI=1S/C16H13ClN2O2S2/c1-2-21-11-5-3-10(4-6-11)18-16-19-15(20)13(23-16)9-12-7-8-14(17)22-12/h3-9H,2H2,1H3,(H,18,19,20)/b13-9-. The van der Waals surface area contributed by atoms with Crippen molar-refractivity contribution in [1.82, 2.24) is 5.32 Å². The van der Waals surface area contributed by atoms with E-state index in [0.717, 1.165) is 16.3 Å². The molecule has 118 valence electrons. The molecule has 1 N–H and O–H groups in total. The van der Waals surface area contributed by atoms with Crippen molar-refractivity contribution < 1.29 is 9.53 Å². The molecule has 0 aliphatic carbocycles. The maximum atomic E-state index is 12.0. The van der Waals surface area contributed by atoms with Gasteiger partial charge in [-0.2, -0.15) is 0 Å². The highest BCUT2D eigenvalue weighted by Gasteiger charge is 2.23. The quantitative estimate of drug-likeness (QED) is 0.800. The van der Waals surface area contributed by atoms with Crippen molar-refractivity contribution in [1.29, 1.82) is 0 Å². The summed E-state index contributed by atoms with van der Waals surface area (Å²) in [5, 5.41) is 3.33. The molecule has 2 heterocycles. The molecule has 1 amide bonds. The first-order valence-corrected chi connectivity index (χ1v) is 8.93. The Morgan fingerprint density at radius 3 is 2.70 bits per heavy atom. The summed E-state index contributed by atoms with van der Waals surface area (Å²) in [4.78, 5) is 18.0. The lowest BCUT2D eigenvalue weighted by molar-refractivity contribution is -0.115. The maximum Gasteiger partial charge on any atom is 0.264 e. The highest BCUT2D eigenvalue weighted by molar-refractivity contribution is 8.18. The lowest BCUT2D eigenvalue weighted by Crippen LogP contribution is -2.19. The van der Waals surface area contributed by atoms with Crippen LogP contribution in [0.25, 0.3) is 6.08 Å². The van der Waals surface area contributed by atoms with Crippen LogP contribution in [0, 0.1) is 0 Å². The fourth-order valence-corrected chi connectivity index (χ4v) is 3.83. The van der Waals surface area contributed by atoms with Gasteiger partial charge in [0.2, 0.25) is 0 Å². The number of benzene rings is 1. The van der Waals surface area contributed by atoms with Crippen LogP contribution in [0.5, 0.6) is 5.75 Å². The molecule has 1 aromatic carbocycles. The summed E-state index contributed by atoms with van der Waals surface area (Å²) in [6.45, 7) is 2.56. The van der Waals surface area contributed by atoms with E-state index >= 15 is 0 Å². The first kappa shape index (κ1) is 16.1. The molecule has 0 saturated carbocycles. The molecule has 2 aromatic rings. The Labute approximate surface area is 147 Å². The average molecular weight is 365 g/mol. The molecular formula is C16H13ClN2O2S2. The zero-order chi connectivity index (χ0) is 16.2. The topological polar surface area (TPSA) is 50.7 Å². The molecule has 0 radical (unpaired) electrons. The zero-order valence-corrected chi connectivity index (χ0v) is 14.6. The molecule has 0 bridgehead atoms. The maximum absolute atomic E-state index is 12.0. The van der Waals surface area contributed by atoms with E-state index in [0.29, 0.717) is 21.0 Å². The van der Waals surface area contributed by atoms with E-state index in [9.17, 15) is 4.79 Å². The Morgan fingerprint density at radius 1 is 1.26 bits per heavy atom. The smallest absolute Gasteiger partial charge is 0.264 e. The number of nitrogens with one attached hydrogen (secondary N) is 1. The number of carbonyl (C=O) groups is 1. The largest absolute Gasteiger partial charge is 0.494 e. The molecule has 3 rings (SSSR count). The van der Waals surface area contributed by atoms with Gasteiger partial charge in [0.1, 0.15) is 5.75 Å². The Kier molecular flexibility index (Phi) is 5.05. The van der Waals surface area contributed by atoms with Gasteiger partial charge in [0.15, 0.2) is 5.17 Å². The van der Waals surface area contributed by atoms with E-state index in [1.54, 1.807) is 0 Å². The Bertz CT molecular complexity index is 782. The molecule has 0 unspecified atom stereocenters. The van der Waals surface area contributed by atoms with E-state index in [2.05, 4.69) is 10.3 Å². The number of amidine groups is 1. The van der Waals surface area contributed by atoms with Gasteiger partial charge in [-0.25, -0.2) is 4.99 Å². The van der Waals surface area contributed by atoms with Crippen LogP contribution in [-0.2, 0) is 4.79 Å². The van der Waals surface area contributed by atoms with E-state index in [-0.39, 0.29) is 5.91 Å². The summed E-state index contributed by atoms with van der Waals surface area (Å²) < 4.78 is 6.09. The molecule has 1 aromatic heterocycles. The third kappa shape index (κ3) is 4.16. The van der Waals surface area contributed by atoms with Crippen LogP contribution in [0.15, 0.2) is 46.3 Å². The molecule has 4 nitrogen and oxygen atoms in total. The molecule has 1 saturated heterocycles. The van der Waals surface area contributed by atoms with Crippen LogP contribution in [0.2, 0.25) is 4.34 Å². The second-order valence-corrected chi connectivity index (χ2v) is 7.33. The number of thiophene rings is 1. The van der Waals surface area contributed by atoms with Crippen molar-refractivity contribution in [3.05, 3.63) is 50.5 Å². The summed E-state index contributed by atoms with van der Waals surface area (Å²) in [6.07, 6.45) is 1.82. The fraction of sp³-hybridized carbons (Fsp3) is 0.125. The molecule has 7 heteroatoms.